The summed E-state index contributed by atoms with van der Waals surface area (Å²) in [5, 5.41) is 0. The largest absolute Gasteiger partial charge is 0.450 e. The molecule has 180 valence electrons. The molecule has 4 aliphatic rings. The van der Waals surface area contributed by atoms with Crippen molar-refractivity contribution in [3.05, 3.63) is 23.8 Å². The summed E-state index contributed by atoms with van der Waals surface area (Å²) in [6, 6.07) is 0. The summed E-state index contributed by atoms with van der Waals surface area (Å²) in [4.78, 5) is 51.7. The van der Waals surface area contributed by atoms with Gasteiger partial charge in [-0.15, -0.1) is 11.6 Å². The van der Waals surface area contributed by atoms with Crippen molar-refractivity contribution in [2.75, 3.05) is 5.88 Å². The summed E-state index contributed by atoms with van der Waals surface area (Å²) in [5.41, 5.74) is -5.35. The second-order valence-electron chi connectivity index (χ2n) is 10.7. The van der Waals surface area contributed by atoms with Gasteiger partial charge in [0, 0.05) is 35.5 Å². The van der Waals surface area contributed by atoms with E-state index in [2.05, 4.69) is 0 Å². The monoisotopic (exact) mass is 478 g/mol. The van der Waals surface area contributed by atoms with Gasteiger partial charge in [0.2, 0.25) is 0 Å². The Morgan fingerprint density at radius 2 is 1.94 bits per heavy atom. The fourth-order valence-corrected chi connectivity index (χ4v) is 7.86. The number of ketones is 3. The zero-order valence-electron chi connectivity index (χ0n) is 19.7. The molecule has 3 unspecified atom stereocenters. The van der Waals surface area contributed by atoms with Crippen molar-refractivity contribution in [1.82, 2.24) is 0 Å². The van der Waals surface area contributed by atoms with Crippen molar-refractivity contribution < 1.29 is 28.3 Å². The first-order chi connectivity index (χ1) is 15.4. The van der Waals surface area contributed by atoms with E-state index in [4.69, 9.17) is 16.3 Å². The first kappa shape index (κ1) is 24.3. The molecule has 0 saturated heterocycles. The SMILES string of the molecule is CCCC(=O)O[C@]1(C(=O)CCl)C(C)CC2C3CCC4=CC(=O)C=C[C@]4(C)[C@@]3(F)C(=O)C[C@@]21C. The number of rotatable bonds is 5. The highest BCUT2D eigenvalue weighted by Gasteiger charge is 2.77. The van der Waals surface area contributed by atoms with Gasteiger partial charge in [0.1, 0.15) is 0 Å². The Balaban J connectivity index is 1.84. The van der Waals surface area contributed by atoms with Crippen LogP contribution in [0.3, 0.4) is 0 Å². The number of fused-ring (bicyclic) bond motifs is 5. The predicted molar refractivity (Wildman–Crippen MR) is 121 cm³/mol. The number of allylic oxidation sites excluding steroid dienone is 4. The highest BCUT2D eigenvalue weighted by atomic mass is 35.5. The van der Waals surface area contributed by atoms with Crippen LogP contribution in [0.1, 0.15) is 66.2 Å². The number of ether oxygens (including phenoxy) is 1. The molecule has 0 spiro atoms. The fourth-order valence-electron chi connectivity index (χ4n) is 7.66. The van der Waals surface area contributed by atoms with Gasteiger partial charge in [-0.25, -0.2) is 4.39 Å². The van der Waals surface area contributed by atoms with Crippen molar-refractivity contribution in [2.24, 2.45) is 28.6 Å². The van der Waals surface area contributed by atoms with E-state index < -0.39 is 51.5 Å². The third-order valence-electron chi connectivity index (χ3n) is 9.21. The van der Waals surface area contributed by atoms with Crippen LogP contribution in [0.25, 0.3) is 0 Å². The van der Waals surface area contributed by atoms with E-state index in [1.807, 2.05) is 13.8 Å². The summed E-state index contributed by atoms with van der Waals surface area (Å²) in [7, 11) is 0. The Morgan fingerprint density at radius 3 is 2.58 bits per heavy atom. The van der Waals surface area contributed by atoms with Crippen LogP contribution in [-0.2, 0) is 23.9 Å². The van der Waals surface area contributed by atoms with Crippen molar-refractivity contribution >= 4 is 34.9 Å². The third-order valence-corrected chi connectivity index (χ3v) is 9.45. The fraction of sp³-hybridized carbons (Fsp3) is 0.692. The molecular weight excluding hydrogens is 447 g/mol. The molecule has 0 aromatic heterocycles. The second kappa shape index (κ2) is 7.86. The quantitative estimate of drug-likeness (QED) is 0.422. The van der Waals surface area contributed by atoms with Crippen LogP contribution in [0, 0.1) is 28.6 Å². The Hall–Kier alpha value is -1.82. The molecule has 3 fully saturated rings. The molecule has 0 bridgehead atoms. The zero-order valence-corrected chi connectivity index (χ0v) is 20.5. The summed E-state index contributed by atoms with van der Waals surface area (Å²) < 4.78 is 23.1. The Morgan fingerprint density at radius 1 is 1.24 bits per heavy atom. The van der Waals surface area contributed by atoms with Gasteiger partial charge in [-0.1, -0.05) is 32.4 Å². The number of esters is 1. The molecule has 0 amide bonds. The van der Waals surface area contributed by atoms with Crippen LogP contribution in [-0.4, -0.2) is 40.5 Å². The van der Waals surface area contributed by atoms with Crippen molar-refractivity contribution in [1.29, 1.82) is 0 Å². The first-order valence-corrected chi connectivity index (χ1v) is 12.4. The maximum Gasteiger partial charge on any atom is 0.306 e. The molecule has 7 heteroatoms. The van der Waals surface area contributed by atoms with E-state index in [0.29, 0.717) is 31.3 Å². The molecule has 7 atom stereocenters. The smallest absolute Gasteiger partial charge is 0.306 e. The standard InChI is InChI=1S/C26H32ClFO5/c1-5-6-22(32)33-26(21(31)14-27)15(2)11-19-18-8-7-16-12-17(29)9-10-23(16,3)25(18,28)20(30)13-24(19,26)4/h9-10,12,15,18-19H,5-8,11,13-14H2,1-4H3/t15?,18?,19?,23-,24-,25-,26-/m0/s1. The normalized spacial score (nSPS) is 43.9. The molecule has 3 saturated carbocycles. The number of carbonyl (C=O) groups is 4. The number of hydrogen-bond donors (Lipinski definition) is 0. The minimum absolute atomic E-state index is 0.153. The Bertz CT molecular complexity index is 987. The molecule has 33 heavy (non-hydrogen) atoms. The molecule has 0 radical (unpaired) electrons. The van der Waals surface area contributed by atoms with Crippen LogP contribution >= 0.6 is 11.6 Å². The summed E-state index contributed by atoms with van der Waals surface area (Å²) >= 11 is 6.02. The number of hydrogen-bond acceptors (Lipinski definition) is 5. The van der Waals surface area contributed by atoms with Gasteiger partial charge in [0.05, 0.1) is 5.88 Å². The van der Waals surface area contributed by atoms with E-state index in [0.717, 1.165) is 0 Å². The molecule has 0 aromatic carbocycles. The topological polar surface area (TPSA) is 77.5 Å². The van der Waals surface area contributed by atoms with E-state index in [1.54, 1.807) is 19.9 Å². The lowest BCUT2D eigenvalue weighted by Crippen LogP contribution is -2.68. The van der Waals surface area contributed by atoms with Gasteiger partial charge in [-0.05, 0) is 50.7 Å². The van der Waals surface area contributed by atoms with E-state index >= 15 is 4.39 Å². The van der Waals surface area contributed by atoms with Crippen LogP contribution in [0.15, 0.2) is 23.8 Å². The predicted octanol–water partition coefficient (Wildman–Crippen LogP) is 4.70. The molecule has 4 rings (SSSR count). The number of alkyl halides is 2. The average Bonchev–Trinajstić information content (AvgIpc) is 2.97. The summed E-state index contributed by atoms with van der Waals surface area (Å²) in [6.07, 6.45) is 6.21. The molecule has 5 nitrogen and oxygen atoms in total. The van der Waals surface area contributed by atoms with Gasteiger partial charge < -0.3 is 4.74 Å². The van der Waals surface area contributed by atoms with Crippen molar-refractivity contribution in [3.8, 4) is 0 Å². The van der Waals surface area contributed by atoms with Crippen molar-refractivity contribution in [2.45, 2.75) is 77.5 Å². The third kappa shape index (κ3) is 2.95. The van der Waals surface area contributed by atoms with Crippen LogP contribution in [0.5, 0.6) is 0 Å². The molecule has 0 heterocycles. The van der Waals surface area contributed by atoms with E-state index in [9.17, 15) is 19.2 Å². The second-order valence-corrected chi connectivity index (χ2v) is 11.0. The van der Waals surface area contributed by atoms with Crippen LogP contribution in [0.4, 0.5) is 4.39 Å². The summed E-state index contributed by atoms with van der Waals surface area (Å²) in [5.74, 6) is -3.45. The molecule has 0 aliphatic heterocycles. The Labute approximate surface area is 199 Å². The Kier molecular flexibility index (Phi) is 5.79. The number of Topliss-reactive ketones (excluding diaryl/α,β-unsaturated/α-hetero) is 2. The number of halogens is 2. The van der Waals surface area contributed by atoms with Gasteiger partial charge in [0.15, 0.2) is 28.6 Å². The van der Waals surface area contributed by atoms with Crippen molar-refractivity contribution in [3.63, 3.8) is 0 Å². The maximum atomic E-state index is 17.1. The lowest BCUT2D eigenvalue weighted by molar-refractivity contribution is -0.201. The number of carbonyl (C=O) groups excluding carboxylic acids is 4. The van der Waals surface area contributed by atoms with Gasteiger partial charge >= 0.3 is 5.97 Å². The lowest BCUT2D eigenvalue weighted by Gasteiger charge is -2.59. The van der Waals surface area contributed by atoms with Gasteiger partial charge in [0.25, 0.3) is 0 Å². The molecule has 0 aromatic rings. The minimum atomic E-state index is -2.19. The summed E-state index contributed by atoms with van der Waals surface area (Å²) in [6.45, 7) is 7.19. The van der Waals surface area contributed by atoms with Crippen LogP contribution in [0.2, 0.25) is 0 Å². The molecule has 0 N–H and O–H groups in total. The molecular formula is C26H32ClFO5. The minimum Gasteiger partial charge on any atom is -0.450 e. The average molecular weight is 479 g/mol. The maximum absolute atomic E-state index is 17.1. The lowest BCUT2D eigenvalue weighted by atomic mass is 9.45. The zero-order chi connectivity index (χ0) is 24.4. The highest BCUT2D eigenvalue weighted by Crippen LogP contribution is 2.70. The van der Waals surface area contributed by atoms with Gasteiger partial charge in [-0.2, -0.15) is 0 Å². The van der Waals surface area contributed by atoms with Crippen LogP contribution < -0.4 is 0 Å². The highest BCUT2D eigenvalue weighted by molar-refractivity contribution is 6.29. The van der Waals surface area contributed by atoms with E-state index in [1.165, 1.54) is 12.2 Å². The van der Waals surface area contributed by atoms with Gasteiger partial charge in [-0.3, -0.25) is 19.2 Å². The van der Waals surface area contributed by atoms with E-state index in [-0.39, 0.29) is 30.4 Å². The molecule has 4 aliphatic carbocycles. The first-order valence-electron chi connectivity index (χ1n) is 11.9.